The molecular formula is C13H15N5O2. The van der Waals surface area contributed by atoms with Gasteiger partial charge >= 0.3 is 0 Å². The minimum absolute atomic E-state index is 0.0418. The summed E-state index contributed by atoms with van der Waals surface area (Å²) in [6.45, 7) is 6.59. The molecule has 0 saturated heterocycles. The van der Waals surface area contributed by atoms with Gasteiger partial charge in [0.1, 0.15) is 0 Å². The van der Waals surface area contributed by atoms with E-state index in [-0.39, 0.29) is 5.69 Å². The Morgan fingerprint density at radius 3 is 2.30 bits per heavy atom. The Labute approximate surface area is 116 Å². The van der Waals surface area contributed by atoms with E-state index < -0.39 is 4.92 Å². The van der Waals surface area contributed by atoms with Gasteiger partial charge in [-0.2, -0.15) is 0 Å². The van der Waals surface area contributed by atoms with E-state index in [1.54, 1.807) is 6.07 Å². The van der Waals surface area contributed by atoms with Crippen LogP contribution in [-0.4, -0.2) is 34.6 Å². The van der Waals surface area contributed by atoms with E-state index >= 15 is 0 Å². The van der Waals surface area contributed by atoms with Crippen LogP contribution in [0.4, 0.5) is 17.3 Å². The topological polar surface area (TPSA) is 75.4 Å². The van der Waals surface area contributed by atoms with Gasteiger partial charge in [-0.05, 0) is 19.9 Å². The van der Waals surface area contributed by atoms with E-state index in [9.17, 15) is 10.1 Å². The van der Waals surface area contributed by atoms with Gasteiger partial charge in [-0.15, -0.1) is 0 Å². The highest BCUT2D eigenvalue weighted by Crippen LogP contribution is 2.34. The molecule has 0 bridgehead atoms. The average molecular weight is 273 g/mol. The summed E-state index contributed by atoms with van der Waals surface area (Å²) < 4.78 is 0. The quantitative estimate of drug-likeness (QED) is 0.630. The molecule has 7 heteroatoms. The van der Waals surface area contributed by atoms with Crippen LogP contribution in [0.2, 0.25) is 0 Å². The lowest BCUT2D eigenvalue weighted by molar-refractivity contribution is -0.384. The lowest BCUT2D eigenvalue weighted by Crippen LogP contribution is -2.30. The minimum Gasteiger partial charge on any atom is -0.336 e. The van der Waals surface area contributed by atoms with Crippen LogP contribution in [-0.2, 0) is 0 Å². The molecule has 7 nitrogen and oxygen atoms in total. The van der Waals surface area contributed by atoms with Crippen LogP contribution in [0.3, 0.4) is 0 Å². The Morgan fingerprint density at radius 2 is 1.75 bits per heavy atom. The summed E-state index contributed by atoms with van der Waals surface area (Å²) in [6, 6.07) is 4.60. The highest BCUT2D eigenvalue weighted by atomic mass is 16.6. The number of hydrogen-bond donors (Lipinski definition) is 0. The van der Waals surface area contributed by atoms with Crippen molar-refractivity contribution in [2.24, 2.45) is 0 Å². The highest BCUT2D eigenvalue weighted by Gasteiger charge is 2.27. The van der Waals surface area contributed by atoms with Crippen molar-refractivity contribution in [2.75, 3.05) is 29.6 Å². The van der Waals surface area contributed by atoms with Gasteiger partial charge in [-0.25, -0.2) is 9.97 Å². The fourth-order valence-electron chi connectivity index (χ4n) is 2.40. The normalized spacial score (nSPS) is 13.9. The minimum atomic E-state index is -0.412. The van der Waals surface area contributed by atoms with Crippen molar-refractivity contribution in [1.82, 2.24) is 9.97 Å². The zero-order valence-electron chi connectivity index (χ0n) is 11.4. The fourth-order valence-corrected chi connectivity index (χ4v) is 2.40. The number of hydrogen-bond acceptors (Lipinski definition) is 6. The van der Waals surface area contributed by atoms with Gasteiger partial charge in [-0.1, -0.05) is 0 Å². The molecule has 3 rings (SSSR count). The van der Waals surface area contributed by atoms with Gasteiger partial charge in [0, 0.05) is 25.2 Å². The molecule has 0 saturated carbocycles. The maximum atomic E-state index is 10.8. The van der Waals surface area contributed by atoms with Crippen LogP contribution in [0, 0.1) is 10.1 Å². The molecule has 0 aliphatic carbocycles. The molecule has 1 aliphatic heterocycles. The van der Waals surface area contributed by atoms with E-state index in [4.69, 9.17) is 0 Å². The van der Waals surface area contributed by atoms with E-state index in [0.29, 0.717) is 11.0 Å². The van der Waals surface area contributed by atoms with E-state index in [1.165, 1.54) is 12.1 Å². The fraction of sp³-hybridized carbons (Fsp3) is 0.385. The third-order valence-electron chi connectivity index (χ3n) is 3.53. The van der Waals surface area contributed by atoms with Crippen LogP contribution < -0.4 is 9.80 Å². The molecule has 20 heavy (non-hydrogen) atoms. The summed E-state index contributed by atoms with van der Waals surface area (Å²) in [5.74, 6) is 1.66. The van der Waals surface area contributed by atoms with E-state index in [1.807, 2.05) is 0 Å². The molecule has 104 valence electrons. The Bertz CT molecular complexity index is 688. The summed E-state index contributed by atoms with van der Waals surface area (Å²) in [5.41, 5.74) is 1.29. The lowest BCUT2D eigenvalue weighted by atomic mass is 10.2. The summed E-state index contributed by atoms with van der Waals surface area (Å²) >= 11 is 0. The second-order valence-corrected chi connectivity index (χ2v) is 4.65. The predicted octanol–water partition coefficient (Wildman–Crippen LogP) is 2.16. The molecule has 1 aromatic heterocycles. The number of nitrogens with zero attached hydrogens (tertiary/aromatic N) is 5. The number of nitro benzene ring substituents is 1. The molecule has 0 amide bonds. The Morgan fingerprint density at radius 1 is 1.15 bits per heavy atom. The van der Waals surface area contributed by atoms with Crippen molar-refractivity contribution >= 4 is 28.4 Å². The molecule has 0 radical (unpaired) electrons. The largest absolute Gasteiger partial charge is 0.336 e. The zero-order valence-corrected chi connectivity index (χ0v) is 11.4. The van der Waals surface area contributed by atoms with Crippen molar-refractivity contribution < 1.29 is 4.92 Å². The Balaban J connectivity index is 2.18. The maximum absolute atomic E-state index is 10.8. The van der Waals surface area contributed by atoms with Crippen LogP contribution in [0.15, 0.2) is 18.2 Å². The smallest absolute Gasteiger partial charge is 0.271 e. The van der Waals surface area contributed by atoms with Crippen LogP contribution >= 0.6 is 0 Å². The number of non-ortho nitro benzene ring substituents is 1. The van der Waals surface area contributed by atoms with Gasteiger partial charge in [0.05, 0.1) is 22.6 Å². The summed E-state index contributed by atoms with van der Waals surface area (Å²) in [6.07, 6.45) is 0. The van der Waals surface area contributed by atoms with Gasteiger partial charge in [0.25, 0.3) is 5.69 Å². The first-order valence-electron chi connectivity index (χ1n) is 6.60. The Hall–Kier alpha value is -2.44. The molecule has 0 unspecified atom stereocenters. The number of fused-ring (bicyclic) bond motifs is 2. The van der Waals surface area contributed by atoms with Crippen LogP contribution in [0.1, 0.15) is 13.8 Å². The second-order valence-electron chi connectivity index (χ2n) is 4.65. The Kier molecular flexibility index (Phi) is 2.89. The molecule has 0 N–H and O–H groups in total. The van der Waals surface area contributed by atoms with Crippen molar-refractivity contribution in [1.29, 1.82) is 0 Å². The first-order valence-corrected chi connectivity index (χ1v) is 6.60. The highest BCUT2D eigenvalue weighted by molar-refractivity contribution is 5.84. The third kappa shape index (κ3) is 1.82. The van der Waals surface area contributed by atoms with Crippen molar-refractivity contribution in [3.05, 3.63) is 28.3 Å². The predicted molar refractivity (Wildman–Crippen MR) is 77.1 cm³/mol. The van der Waals surface area contributed by atoms with E-state index in [0.717, 1.165) is 31.4 Å². The first-order chi connectivity index (χ1) is 9.63. The van der Waals surface area contributed by atoms with Crippen molar-refractivity contribution in [2.45, 2.75) is 13.8 Å². The average Bonchev–Trinajstić information content (AvgIpc) is 2.81. The lowest BCUT2D eigenvalue weighted by Gasteiger charge is -2.17. The SMILES string of the molecule is CCN1CN(CC)c2nc3cc([N+](=O)[O-])ccc3nc21. The van der Waals surface area contributed by atoms with Crippen LogP contribution in [0.25, 0.3) is 11.0 Å². The number of nitro groups is 1. The summed E-state index contributed by atoms with van der Waals surface area (Å²) in [7, 11) is 0. The van der Waals surface area contributed by atoms with E-state index in [2.05, 4.69) is 33.6 Å². The van der Waals surface area contributed by atoms with Crippen molar-refractivity contribution in [3.63, 3.8) is 0 Å². The molecular weight excluding hydrogens is 258 g/mol. The number of rotatable bonds is 3. The number of aromatic nitrogens is 2. The number of anilines is 2. The second kappa shape index (κ2) is 4.59. The maximum Gasteiger partial charge on any atom is 0.271 e. The number of benzene rings is 1. The molecule has 2 aromatic rings. The standard InChI is InChI=1S/C13H15N5O2/c1-3-16-8-17(4-2)13-12(16)14-10-6-5-9(18(19)20)7-11(10)15-13/h5-7H,3-4,8H2,1-2H3. The van der Waals surface area contributed by atoms with Gasteiger partial charge < -0.3 is 9.80 Å². The summed E-state index contributed by atoms with van der Waals surface area (Å²) in [4.78, 5) is 23.9. The summed E-state index contributed by atoms with van der Waals surface area (Å²) in [5, 5.41) is 10.8. The zero-order chi connectivity index (χ0) is 14.3. The van der Waals surface area contributed by atoms with Gasteiger partial charge in [0.15, 0.2) is 11.6 Å². The van der Waals surface area contributed by atoms with Gasteiger partial charge in [0.2, 0.25) is 0 Å². The molecule has 1 aliphatic rings. The monoisotopic (exact) mass is 273 g/mol. The molecule has 0 fully saturated rings. The molecule has 0 atom stereocenters. The molecule has 2 heterocycles. The van der Waals surface area contributed by atoms with Crippen molar-refractivity contribution in [3.8, 4) is 0 Å². The third-order valence-corrected chi connectivity index (χ3v) is 3.53. The van der Waals surface area contributed by atoms with Gasteiger partial charge in [-0.3, -0.25) is 10.1 Å². The molecule has 1 aromatic carbocycles. The molecule has 0 spiro atoms. The first kappa shape index (κ1) is 12.6. The van der Waals surface area contributed by atoms with Crippen LogP contribution in [0.5, 0.6) is 0 Å².